The van der Waals surface area contributed by atoms with Crippen LogP contribution >= 0.6 is 0 Å². The van der Waals surface area contributed by atoms with Crippen LogP contribution in [-0.2, 0) is 6.18 Å². The Morgan fingerprint density at radius 1 is 1.02 bits per heavy atom. The van der Waals surface area contributed by atoms with Gasteiger partial charge in [0, 0.05) is 56.1 Å². The molecule has 0 atom stereocenters. The Morgan fingerprint density at radius 2 is 1.74 bits per heavy atom. The van der Waals surface area contributed by atoms with E-state index in [1.165, 1.54) is 31.4 Å². The number of anilines is 2. The van der Waals surface area contributed by atoms with Crippen LogP contribution in [0.3, 0.4) is 0 Å². The van der Waals surface area contributed by atoms with Crippen molar-refractivity contribution >= 4 is 28.3 Å². The van der Waals surface area contributed by atoms with Gasteiger partial charge in [-0.15, -0.1) is 0 Å². The summed E-state index contributed by atoms with van der Waals surface area (Å²) in [6.07, 6.45) is 1.83. The number of nitrogens with one attached hydrogen (secondary N) is 1. The zero-order chi connectivity index (χ0) is 30.4. The Hall–Kier alpha value is -4.24. The van der Waals surface area contributed by atoms with Crippen LogP contribution in [0.4, 0.5) is 29.3 Å². The van der Waals surface area contributed by atoms with Crippen molar-refractivity contribution < 1.29 is 27.4 Å². The minimum Gasteiger partial charge on any atom is -0.493 e. The predicted molar refractivity (Wildman–Crippen MR) is 158 cm³/mol. The van der Waals surface area contributed by atoms with E-state index in [0.717, 1.165) is 43.6 Å². The van der Waals surface area contributed by atoms with Crippen LogP contribution in [0.1, 0.15) is 36.8 Å². The number of benzene rings is 2. The van der Waals surface area contributed by atoms with E-state index >= 15 is 0 Å². The number of rotatable bonds is 8. The predicted octanol–water partition coefficient (Wildman–Crippen LogP) is 5.74. The summed E-state index contributed by atoms with van der Waals surface area (Å²) in [5.74, 6) is 1.15. The largest absolute Gasteiger partial charge is 0.493 e. The molecule has 3 heterocycles. The Kier molecular flexibility index (Phi) is 9.40. The van der Waals surface area contributed by atoms with Crippen LogP contribution in [0.15, 0.2) is 42.6 Å². The molecule has 2 amide bonds. The van der Waals surface area contributed by atoms with Crippen molar-refractivity contribution in [3.05, 3.63) is 53.7 Å². The number of ether oxygens (including phenoxy) is 2. The number of likely N-dealkylation sites (tertiary alicyclic amines) is 1. The first kappa shape index (κ1) is 30.2. The normalized spacial score (nSPS) is 16.2. The van der Waals surface area contributed by atoms with Crippen LogP contribution < -0.4 is 19.7 Å². The van der Waals surface area contributed by atoms with E-state index in [9.17, 15) is 23.2 Å². The summed E-state index contributed by atoms with van der Waals surface area (Å²) in [6.45, 7) is 5.45. The lowest BCUT2D eigenvalue weighted by Crippen LogP contribution is -2.50. The minimum atomic E-state index is -4.44. The Bertz CT molecular complexity index is 1460. The van der Waals surface area contributed by atoms with Crippen LogP contribution in [0, 0.1) is 11.3 Å². The molecule has 9 nitrogen and oxygen atoms in total. The first-order chi connectivity index (χ1) is 20.8. The summed E-state index contributed by atoms with van der Waals surface area (Å²) in [6, 6.07) is 9.87. The van der Waals surface area contributed by atoms with Crippen LogP contribution in [0.2, 0.25) is 0 Å². The molecule has 2 aliphatic heterocycles. The molecule has 0 saturated carbocycles. The topological polar surface area (TPSA) is 94.0 Å². The number of carbonyl (C=O) groups excluding carboxylic acids is 1. The number of nitriles is 1. The van der Waals surface area contributed by atoms with Crippen LogP contribution in [0.25, 0.3) is 10.9 Å². The average Bonchev–Trinajstić information content (AvgIpc) is 3.02. The molecule has 3 aromatic rings. The average molecular weight is 597 g/mol. The summed E-state index contributed by atoms with van der Waals surface area (Å²) in [5, 5.41) is 13.3. The molecular formula is C31H35F3N6O3. The number of pyridine rings is 1. The smallest absolute Gasteiger partial charge is 0.416 e. The van der Waals surface area contributed by atoms with Crippen molar-refractivity contribution in [1.29, 1.82) is 5.26 Å². The van der Waals surface area contributed by atoms with Crippen LogP contribution in [-0.4, -0.2) is 80.3 Å². The molecule has 1 aromatic heterocycles. The summed E-state index contributed by atoms with van der Waals surface area (Å²) in [5.41, 5.74) is 1.30. The lowest BCUT2D eigenvalue weighted by Gasteiger charge is -2.37. The Labute approximate surface area is 248 Å². The first-order valence-corrected chi connectivity index (χ1v) is 14.5. The quantitative estimate of drug-likeness (QED) is 0.332. The number of fused-ring (bicyclic) bond motifs is 1. The lowest BCUT2D eigenvalue weighted by molar-refractivity contribution is -0.137. The summed E-state index contributed by atoms with van der Waals surface area (Å²) in [4.78, 5) is 23.5. The number of halogens is 3. The van der Waals surface area contributed by atoms with E-state index in [1.54, 1.807) is 18.2 Å². The third kappa shape index (κ3) is 7.22. The number of piperidine rings is 1. The van der Waals surface area contributed by atoms with Gasteiger partial charge in [-0.25, -0.2) is 4.79 Å². The number of alkyl halides is 3. The standard InChI is InChI=1S/C31H35F3N6O3/c1-42-27-18-25-26(19-28(27)43-17-5-12-38-10-3-2-4-11-38)36-21-22(20-35)29(25)39-13-15-40(16-14-39)30(41)37-24-8-6-23(7-9-24)31(32,33)34/h6-9,18-19,21H,2-5,10-17H2,1H3,(H,37,41). The molecule has 12 heteroatoms. The maximum atomic E-state index is 12.8. The molecule has 5 rings (SSSR count). The van der Waals surface area contributed by atoms with E-state index in [1.807, 2.05) is 17.0 Å². The monoisotopic (exact) mass is 596 g/mol. The molecule has 0 unspecified atom stereocenters. The van der Waals surface area contributed by atoms with E-state index in [2.05, 4.69) is 21.3 Å². The van der Waals surface area contributed by atoms with Gasteiger partial charge in [-0.05, 0) is 62.7 Å². The SMILES string of the molecule is COc1cc2c(N3CCN(C(=O)Nc4ccc(C(F)(F)F)cc4)CC3)c(C#N)cnc2cc1OCCCN1CCCCC1. The molecule has 0 spiro atoms. The van der Waals surface area contributed by atoms with Gasteiger partial charge >= 0.3 is 12.2 Å². The Morgan fingerprint density at radius 3 is 2.40 bits per heavy atom. The second kappa shape index (κ2) is 13.4. The number of carbonyl (C=O) groups is 1. The van der Waals surface area contributed by atoms with Gasteiger partial charge in [0.15, 0.2) is 11.5 Å². The highest BCUT2D eigenvalue weighted by Gasteiger charge is 2.30. The van der Waals surface area contributed by atoms with Gasteiger partial charge in [0.1, 0.15) is 6.07 Å². The van der Waals surface area contributed by atoms with Gasteiger partial charge < -0.3 is 29.5 Å². The second-order valence-electron chi connectivity index (χ2n) is 10.7. The van der Waals surface area contributed by atoms with Crippen molar-refractivity contribution in [3.8, 4) is 17.6 Å². The van der Waals surface area contributed by atoms with Gasteiger partial charge in [0.25, 0.3) is 0 Å². The van der Waals surface area contributed by atoms with Crippen molar-refractivity contribution in [2.24, 2.45) is 0 Å². The highest BCUT2D eigenvalue weighted by Crippen LogP contribution is 2.38. The third-order valence-corrected chi connectivity index (χ3v) is 7.92. The molecule has 2 saturated heterocycles. The van der Waals surface area contributed by atoms with Gasteiger partial charge in [-0.3, -0.25) is 4.98 Å². The zero-order valence-corrected chi connectivity index (χ0v) is 24.1. The minimum absolute atomic E-state index is 0.281. The molecule has 0 radical (unpaired) electrons. The fraction of sp³-hybridized carbons (Fsp3) is 0.452. The molecule has 228 valence electrons. The maximum Gasteiger partial charge on any atom is 0.416 e. The van der Waals surface area contributed by atoms with Gasteiger partial charge in [0.2, 0.25) is 0 Å². The molecule has 2 fully saturated rings. The van der Waals surface area contributed by atoms with Gasteiger partial charge in [0.05, 0.1) is 36.0 Å². The second-order valence-corrected chi connectivity index (χ2v) is 10.7. The highest BCUT2D eigenvalue weighted by molar-refractivity contribution is 5.97. The number of nitrogens with zero attached hydrogens (tertiary/aromatic N) is 5. The van der Waals surface area contributed by atoms with Crippen molar-refractivity contribution in [3.63, 3.8) is 0 Å². The van der Waals surface area contributed by atoms with Crippen LogP contribution in [0.5, 0.6) is 11.5 Å². The number of hydrogen-bond donors (Lipinski definition) is 1. The van der Waals surface area contributed by atoms with Gasteiger partial charge in [-0.2, -0.15) is 18.4 Å². The zero-order valence-electron chi connectivity index (χ0n) is 24.1. The van der Waals surface area contributed by atoms with Gasteiger partial charge in [-0.1, -0.05) is 6.42 Å². The summed E-state index contributed by atoms with van der Waals surface area (Å²) in [7, 11) is 1.58. The summed E-state index contributed by atoms with van der Waals surface area (Å²) >= 11 is 0. The lowest BCUT2D eigenvalue weighted by atomic mass is 10.1. The van der Waals surface area contributed by atoms with E-state index in [0.29, 0.717) is 61.1 Å². The molecule has 0 aliphatic carbocycles. The molecule has 2 aliphatic rings. The molecular weight excluding hydrogens is 561 g/mol. The maximum absolute atomic E-state index is 12.8. The number of hydrogen-bond acceptors (Lipinski definition) is 7. The molecule has 2 aromatic carbocycles. The molecule has 0 bridgehead atoms. The number of aromatic nitrogens is 1. The van der Waals surface area contributed by atoms with E-state index in [-0.39, 0.29) is 5.69 Å². The fourth-order valence-corrected chi connectivity index (χ4v) is 5.61. The fourth-order valence-electron chi connectivity index (χ4n) is 5.61. The number of methoxy groups -OCH3 is 1. The number of urea groups is 1. The first-order valence-electron chi connectivity index (χ1n) is 14.5. The molecule has 1 N–H and O–H groups in total. The van der Waals surface area contributed by atoms with Crippen molar-refractivity contribution in [2.45, 2.75) is 31.9 Å². The van der Waals surface area contributed by atoms with E-state index in [4.69, 9.17) is 9.47 Å². The molecule has 43 heavy (non-hydrogen) atoms. The summed E-state index contributed by atoms with van der Waals surface area (Å²) < 4.78 is 50.3. The third-order valence-electron chi connectivity index (χ3n) is 7.92. The number of amides is 2. The van der Waals surface area contributed by atoms with Crippen molar-refractivity contribution in [1.82, 2.24) is 14.8 Å². The Balaban J connectivity index is 1.25. The van der Waals surface area contributed by atoms with Crippen molar-refractivity contribution in [2.75, 3.05) is 69.7 Å². The highest BCUT2D eigenvalue weighted by atomic mass is 19.4. The van der Waals surface area contributed by atoms with E-state index < -0.39 is 17.8 Å². The number of piperazine rings is 1.